The Balaban J connectivity index is 2.06. The maximum absolute atomic E-state index is 11.5. The van der Waals surface area contributed by atoms with Gasteiger partial charge in [-0.15, -0.1) is 0 Å². The lowest BCUT2D eigenvalue weighted by atomic mass is 10.1. The van der Waals surface area contributed by atoms with E-state index in [-0.39, 0.29) is 50.5 Å². The highest BCUT2D eigenvalue weighted by Gasteiger charge is 2.11. The van der Waals surface area contributed by atoms with Crippen LogP contribution < -0.4 is 5.32 Å². The molecule has 1 aromatic rings. The molecule has 0 spiro atoms. The molecule has 9 heteroatoms. The topological polar surface area (TPSA) is 117 Å². The number of rotatable bonds is 11. The number of hydrogen-bond donors (Lipinski definition) is 1. The number of esters is 1. The van der Waals surface area contributed by atoms with Gasteiger partial charge in [0, 0.05) is 18.7 Å². The third kappa shape index (κ3) is 8.43. The van der Waals surface area contributed by atoms with Gasteiger partial charge in [-0.2, -0.15) is 0 Å². The van der Waals surface area contributed by atoms with Crippen LogP contribution in [0.3, 0.4) is 0 Å². The third-order valence-electron chi connectivity index (χ3n) is 3.52. The fourth-order valence-electron chi connectivity index (χ4n) is 1.75. The molecule has 0 saturated heterocycles. The number of hydrogen-bond acceptors (Lipinski definition) is 7. The summed E-state index contributed by atoms with van der Waals surface area (Å²) in [4.78, 5) is 33.0. The van der Waals surface area contributed by atoms with E-state index in [2.05, 4.69) is 5.32 Å². The van der Waals surface area contributed by atoms with E-state index in [4.69, 9.17) is 14.2 Å². The van der Waals surface area contributed by atoms with Crippen molar-refractivity contribution in [3.63, 3.8) is 0 Å². The van der Waals surface area contributed by atoms with Crippen LogP contribution in [-0.4, -0.2) is 43.4 Å². The molecular formula is C17H24N2O7. The minimum Gasteiger partial charge on any atom is -0.463 e. The number of non-ortho nitro benzene ring substituents is 1. The van der Waals surface area contributed by atoms with Crippen molar-refractivity contribution in [1.82, 2.24) is 5.32 Å². The van der Waals surface area contributed by atoms with E-state index in [1.165, 1.54) is 24.3 Å². The minimum atomic E-state index is -0.616. The predicted molar refractivity (Wildman–Crippen MR) is 92.5 cm³/mol. The summed E-state index contributed by atoms with van der Waals surface area (Å²) in [5, 5.41) is 13.0. The van der Waals surface area contributed by atoms with E-state index < -0.39 is 11.0 Å². The fraction of sp³-hybridized carbons (Fsp3) is 0.529. The Kier molecular flexibility index (Phi) is 9.70. The maximum Gasteiger partial charge on any atom is 0.407 e. The molecule has 144 valence electrons. The second kappa shape index (κ2) is 11.8. The van der Waals surface area contributed by atoms with E-state index in [0.717, 1.165) is 6.42 Å². The van der Waals surface area contributed by atoms with E-state index in [0.29, 0.717) is 5.56 Å². The molecule has 0 saturated carbocycles. The van der Waals surface area contributed by atoms with Crippen LogP contribution in [0.15, 0.2) is 24.3 Å². The standard InChI is InChI=1S/C17H24N2O7/c1-3-13(2)16(20)25-11-10-24-9-8-18-17(21)26-12-14-4-6-15(7-5-14)19(22)23/h4-7,13H,3,8-12H2,1-2H3,(H,18,21). The maximum atomic E-state index is 11.5. The molecule has 9 nitrogen and oxygen atoms in total. The Hall–Kier alpha value is -2.68. The molecule has 0 bridgehead atoms. The molecule has 0 aliphatic heterocycles. The van der Waals surface area contributed by atoms with E-state index in [9.17, 15) is 19.7 Å². The Bertz CT molecular complexity index is 589. The smallest absolute Gasteiger partial charge is 0.407 e. The van der Waals surface area contributed by atoms with Gasteiger partial charge in [0.2, 0.25) is 0 Å². The van der Waals surface area contributed by atoms with Crippen LogP contribution >= 0.6 is 0 Å². The highest BCUT2D eigenvalue weighted by molar-refractivity contribution is 5.71. The van der Waals surface area contributed by atoms with Crippen molar-refractivity contribution in [3.05, 3.63) is 39.9 Å². The van der Waals surface area contributed by atoms with Crippen LogP contribution in [0.25, 0.3) is 0 Å². The third-order valence-corrected chi connectivity index (χ3v) is 3.52. The second-order valence-corrected chi connectivity index (χ2v) is 5.52. The number of amides is 1. The lowest BCUT2D eigenvalue weighted by Gasteiger charge is -2.10. The number of nitrogens with one attached hydrogen (secondary N) is 1. The summed E-state index contributed by atoms with van der Waals surface area (Å²) in [5.74, 6) is -0.369. The summed E-state index contributed by atoms with van der Waals surface area (Å²) in [6.45, 7) is 4.65. The lowest BCUT2D eigenvalue weighted by Crippen LogP contribution is -2.28. The van der Waals surface area contributed by atoms with Gasteiger partial charge in [0.1, 0.15) is 13.2 Å². The molecule has 0 aromatic heterocycles. The van der Waals surface area contributed by atoms with Gasteiger partial charge in [-0.3, -0.25) is 14.9 Å². The zero-order valence-electron chi connectivity index (χ0n) is 14.9. The van der Waals surface area contributed by atoms with Crippen molar-refractivity contribution in [3.8, 4) is 0 Å². The van der Waals surface area contributed by atoms with Crippen molar-refractivity contribution in [2.45, 2.75) is 26.9 Å². The number of carbonyl (C=O) groups excluding carboxylic acids is 2. The Morgan fingerprint density at radius 2 is 1.85 bits per heavy atom. The Morgan fingerprint density at radius 1 is 1.15 bits per heavy atom. The summed E-state index contributed by atoms with van der Waals surface area (Å²) in [6, 6.07) is 5.74. The van der Waals surface area contributed by atoms with Gasteiger partial charge in [-0.05, 0) is 24.1 Å². The van der Waals surface area contributed by atoms with Gasteiger partial charge in [0.25, 0.3) is 5.69 Å². The molecule has 0 heterocycles. The average molecular weight is 368 g/mol. The monoisotopic (exact) mass is 368 g/mol. The van der Waals surface area contributed by atoms with Gasteiger partial charge in [0.15, 0.2) is 0 Å². The van der Waals surface area contributed by atoms with Crippen molar-refractivity contribution in [2.24, 2.45) is 5.92 Å². The molecule has 0 aliphatic carbocycles. The molecule has 1 aromatic carbocycles. The van der Waals surface area contributed by atoms with Gasteiger partial charge < -0.3 is 19.5 Å². The molecule has 1 unspecified atom stereocenters. The normalized spacial score (nSPS) is 11.5. The molecule has 1 atom stereocenters. The van der Waals surface area contributed by atoms with Crippen molar-refractivity contribution in [2.75, 3.05) is 26.4 Å². The molecular weight excluding hydrogens is 344 g/mol. The average Bonchev–Trinajstić information content (AvgIpc) is 2.64. The number of carbonyl (C=O) groups is 2. The van der Waals surface area contributed by atoms with E-state index in [1.807, 2.05) is 6.92 Å². The van der Waals surface area contributed by atoms with Crippen LogP contribution in [0.2, 0.25) is 0 Å². The summed E-state index contributed by atoms with van der Waals surface area (Å²) in [5.41, 5.74) is 0.621. The fourth-order valence-corrected chi connectivity index (χ4v) is 1.75. The summed E-state index contributed by atoms with van der Waals surface area (Å²) >= 11 is 0. The number of nitrogens with zero attached hydrogens (tertiary/aromatic N) is 1. The van der Waals surface area contributed by atoms with Crippen molar-refractivity contribution >= 4 is 17.7 Å². The Morgan fingerprint density at radius 3 is 2.46 bits per heavy atom. The van der Waals surface area contributed by atoms with Gasteiger partial charge in [-0.25, -0.2) is 4.79 Å². The summed E-state index contributed by atoms with van der Waals surface area (Å²) in [7, 11) is 0. The summed E-state index contributed by atoms with van der Waals surface area (Å²) in [6.07, 6.45) is 0.112. The molecule has 1 N–H and O–H groups in total. The van der Waals surface area contributed by atoms with Gasteiger partial charge >= 0.3 is 12.1 Å². The van der Waals surface area contributed by atoms with Gasteiger partial charge in [0.05, 0.1) is 24.1 Å². The van der Waals surface area contributed by atoms with Crippen molar-refractivity contribution in [1.29, 1.82) is 0 Å². The number of nitro groups is 1. The van der Waals surface area contributed by atoms with E-state index in [1.54, 1.807) is 6.92 Å². The number of ether oxygens (including phenoxy) is 3. The van der Waals surface area contributed by atoms with Crippen LogP contribution in [0.4, 0.5) is 10.5 Å². The second-order valence-electron chi connectivity index (χ2n) is 5.52. The Labute approximate surface area is 151 Å². The highest BCUT2D eigenvalue weighted by atomic mass is 16.6. The number of alkyl carbamates (subject to hydrolysis) is 1. The first-order chi connectivity index (χ1) is 12.4. The van der Waals surface area contributed by atoms with Crippen LogP contribution in [0.1, 0.15) is 25.8 Å². The summed E-state index contributed by atoms with van der Waals surface area (Å²) < 4.78 is 15.2. The van der Waals surface area contributed by atoms with Gasteiger partial charge in [-0.1, -0.05) is 13.8 Å². The molecule has 0 radical (unpaired) electrons. The molecule has 1 amide bonds. The number of nitro benzene ring substituents is 1. The number of benzene rings is 1. The minimum absolute atomic E-state index is 0.0102. The molecule has 26 heavy (non-hydrogen) atoms. The zero-order valence-corrected chi connectivity index (χ0v) is 14.9. The van der Waals surface area contributed by atoms with Crippen molar-refractivity contribution < 1.29 is 28.7 Å². The zero-order chi connectivity index (χ0) is 19.4. The quantitative estimate of drug-likeness (QED) is 0.276. The van der Waals surface area contributed by atoms with Crippen LogP contribution in [0.5, 0.6) is 0 Å². The first-order valence-electron chi connectivity index (χ1n) is 8.32. The largest absolute Gasteiger partial charge is 0.463 e. The molecule has 1 rings (SSSR count). The van der Waals surface area contributed by atoms with Crippen LogP contribution in [-0.2, 0) is 25.6 Å². The molecule has 0 fully saturated rings. The predicted octanol–water partition coefficient (Wildman–Crippen LogP) is 2.43. The lowest BCUT2D eigenvalue weighted by molar-refractivity contribution is -0.384. The first-order valence-corrected chi connectivity index (χ1v) is 8.32. The molecule has 0 aliphatic rings. The van der Waals surface area contributed by atoms with E-state index >= 15 is 0 Å². The first kappa shape index (κ1) is 21.4. The van der Waals surface area contributed by atoms with Crippen LogP contribution in [0, 0.1) is 16.0 Å². The highest BCUT2D eigenvalue weighted by Crippen LogP contribution is 2.12. The SMILES string of the molecule is CCC(C)C(=O)OCCOCCNC(=O)OCc1ccc([N+](=O)[O-])cc1.